The molecule has 0 amide bonds. The van der Waals surface area contributed by atoms with E-state index >= 15 is 0 Å². The number of nitrogens with two attached hydrogens (primary N) is 1. The summed E-state index contributed by atoms with van der Waals surface area (Å²) < 4.78 is 42.8. The molecule has 0 bridgehead atoms. The Kier molecular flexibility index (Phi) is 6.46. The number of piperidine rings is 1. The Morgan fingerprint density at radius 1 is 1.24 bits per heavy atom. The molecule has 1 aromatic carbocycles. The fourth-order valence-electron chi connectivity index (χ4n) is 4.34. The van der Waals surface area contributed by atoms with Crippen molar-refractivity contribution in [3.05, 3.63) is 65.3 Å². The van der Waals surface area contributed by atoms with Crippen LogP contribution in [0.3, 0.4) is 0 Å². The van der Waals surface area contributed by atoms with E-state index in [1.165, 1.54) is 24.5 Å². The number of anilines is 1. The number of halogens is 2. The van der Waals surface area contributed by atoms with Gasteiger partial charge < -0.3 is 16.0 Å². The fraction of sp³-hybridized carbons (Fsp3) is 0.250. The summed E-state index contributed by atoms with van der Waals surface area (Å²) in [6.07, 6.45) is 5.29. The van der Waals surface area contributed by atoms with Crippen LogP contribution in [0.1, 0.15) is 18.4 Å². The molecule has 0 saturated carbocycles. The normalized spacial score (nSPS) is 16.2. The molecule has 10 nitrogen and oxygen atoms in total. The molecule has 4 heterocycles. The molecule has 37 heavy (non-hydrogen) atoms. The highest BCUT2D eigenvalue weighted by molar-refractivity contribution is 7.90. The molecule has 1 fully saturated rings. The van der Waals surface area contributed by atoms with Crippen LogP contribution in [0.15, 0.2) is 53.8 Å². The molecule has 1 atom stereocenters. The maximum Gasteiger partial charge on any atom is 0.269 e. The summed E-state index contributed by atoms with van der Waals surface area (Å²) in [4.78, 5) is 14.6. The summed E-state index contributed by atoms with van der Waals surface area (Å²) in [7, 11) is -4.01. The minimum Gasteiger partial charge on any atom is -0.370 e. The van der Waals surface area contributed by atoms with E-state index in [1.54, 1.807) is 23.1 Å². The van der Waals surface area contributed by atoms with Crippen molar-refractivity contribution in [1.29, 1.82) is 5.41 Å². The second-order valence-corrected chi connectivity index (χ2v) is 11.1. The summed E-state index contributed by atoms with van der Waals surface area (Å²) in [5.41, 5.74) is 7.02. The average molecular weight is 543 g/mol. The first-order chi connectivity index (χ1) is 17.6. The van der Waals surface area contributed by atoms with Gasteiger partial charge in [0, 0.05) is 42.5 Å². The van der Waals surface area contributed by atoms with Crippen LogP contribution in [0, 0.1) is 18.2 Å². The van der Waals surface area contributed by atoms with Gasteiger partial charge in [-0.1, -0.05) is 29.3 Å². The Bertz CT molecular complexity index is 1610. The third kappa shape index (κ3) is 4.81. The predicted molar refractivity (Wildman–Crippen MR) is 140 cm³/mol. The van der Waals surface area contributed by atoms with Crippen LogP contribution in [-0.2, 0) is 10.0 Å². The third-order valence-electron chi connectivity index (χ3n) is 6.24. The Morgan fingerprint density at radius 2 is 2.00 bits per heavy atom. The van der Waals surface area contributed by atoms with Gasteiger partial charge in [-0.3, -0.25) is 5.41 Å². The molecule has 13 heteroatoms. The lowest BCUT2D eigenvalue weighted by Crippen LogP contribution is -2.47. The predicted octanol–water partition coefficient (Wildman–Crippen LogP) is 3.60. The maximum atomic E-state index is 14.7. The van der Waals surface area contributed by atoms with Gasteiger partial charge in [-0.05, 0) is 38.0 Å². The van der Waals surface area contributed by atoms with Crippen LogP contribution in [0.5, 0.6) is 0 Å². The number of guanidine groups is 1. The third-order valence-corrected chi connectivity index (χ3v) is 8.12. The van der Waals surface area contributed by atoms with Crippen LogP contribution < -0.4 is 11.1 Å². The monoisotopic (exact) mass is 542 g/mol. The summed E-state index contributed by atoms with van der Waals surface area (Å²) >= 11 is 6.19. The van der Waals surface area contributed by atoms with Gasteiger partial charge in [0.1, 0.15) is 0 Å². The molecule has 0 aliphatic carbocycles. The van der Waals surface area contributed by atoms with Gasteiger partial charge in [-0.25, -0.2) is 31.7 Å². The number of aromatic nitrogens is 4. The Morgan fingerprint density at radius 3 is 2.73 bits per heavy atom. The van der Waals surface area contributed by atoms with Crippen LogP contribution in [-0.4, -0.2) is 57.3 Å². The molecular formula is C24H24ClFN8O2S. The molecule has 1 aliphatic heterocycles. The van der Waals surface area contributed by atoms with Crippen molar-refractivity contribution in [3.8, 4) is 11.4 Å². The molecule has 1 aliphatic rings. The summed E-state index contributed by atoms with van der Waals surface area (Å²) in [6, 6.07) is 7.86. The standard InChI is InChI=1S/C24H24ClFN8O2S/c1-14-4-6-17(7-5-14)37(35,36)34-13-19(18-9-15(25)10-30-23(18)34)21-29-11-20(26)22(32-21)31-16-3-2-8-33(12-16)24(27)28/h4-7,9-11,13,16H,2-3,8,12H2,1H3,(H3,27,28)(H,29,31,32). The Hall–Kier alpha value is -3.77. The van der Waals surface area contributed by atoms with Gasteiger partial charge in [0.25, 0.3) is 10.0 Å². The number of likely N-dealkylation sites (tertiary alicyclic amines) is 1. The Balaban J connectivity index is 1.57. The quantitative estimate of drug-likeness (QED) is 0.256. The van der Waals surface area contributed by atoms with E-state index in [-0.39, 0.29) is 34.2 Å². The van der Waals surface area contributed by atoms with Gasteiger partial charge >= 0.3 is 0 Å². The first-order valence-electron chi connectivity index (χ1n) is 11.5. The second-order valence-electron chi connectivity index (χ2n) is 8.89. The molecule has 5 rings (SSSR count). The number of hydrogen-bond acceptors (Lipinski definition) is 7. The van der Waals surface area contributed by atoms with E-state index in [4.69, 9.17) is 22.7 Å². The number of rotatable bonds is 5. The fourth-order valence-corrected chi connectivity index (χ4v) is 5.83. The maximum absolute atomic E-state index is 14.7. The first-order valence-corrected chi connectivity index (χ1v) is 13.3. The van der Waals surface area contributed by atoms with Crippen LogP contribution in [0.4, 0.5) is 10.2 Å². The van der Waals surface area contributed by atoms with E-state index in [1.807, 2.05) is 6.92 Å². The van der Waals surface area contributed by atoms with E-state index in [9.17, 15) is 12.8 Å². The zero-order valence-electron chi connectivity index (χ0n) is 19.8. The number of nitrogens with one attached hydrogen (secondary N) is 2. The number of nitrogens with zero attached hydrogens (tertiary/aromatic N) is 5. The zero-order chi connectivity index (χ0) is 26.3. The summed E-state index contributed by atoms with van der Waals surface area (Å²) in [6.45, 7) is 2.96. The number of hydrogen-bond donors (Lipinski definition) is 3. The summed E-state index contributed by atoms with van der Waals surface area (Å²) in [5.74, 6) is -0.620. The second kappa shape index (κ2) is 9.60. The minimum atomic E-state index is -4.01. The average Bonchev–Trinajstić information content (AvgIpc) is 3.25. The number of pyridine rings is 1. The van der Waals surface area contributed by atoms with E-state index in [0.717, 1.165) is 28.6 Å². The number of aryl methyl sites for hydroxylation is 1. The lowest BCUT2D eigenvalue weighted by molar-refractivity contribution is 0.316. The van der Waals surface area contributed by atoms with Gasteiger partial charge in [0.05, 0.1) is 16.1 Å². The van der Waals surface area contributed by atoms with Gasteiger partial charge in [-0.2, -0.15) is 0 Å². The molecular weight excluding hydrogens is 519 g/mol. The SMILES string of the molecule is Cc1ccc(S(=O)(=O)n2cc(-c3ncc(F)c(NC4CCCN(C(=N)N)C4)n3)c3cc(Cl)cnc32)cc1. The smallest absolute Gasteiger partial charge is 0.269 e. The lowest BCUT2D eigenvalue weighted by Gasteiger charge is -2.33. The van der Waals surface area contributed by atoms with Gasteiger partial charge in [-0.15, -0.1) is 0 Å². The first kappa shape index (κ1) is 24.9. The van der Waals surface area contributed by atoms with E-state index in [2.05, 4.69) is 20.3 Å². The number of benzene rings is 1. The van der Waals surface area contributed by atoms with Crippen LogP contribution >= 0.6 is 11.6 Å². The molecule has 0 spiro atoms. The Labute approximate surface area is 217 Å². The van der Waals surface area contributed by atoms with E-state index < -0.39 is 15.8 Å². The van der Waals surface area contributed by atoms with E-state index in [0.29, 0.717) is 29.1 Å². The highest BCUT2D eigenvalue weighted by Gasteiger charge is 2.26. The van der Waals surface area contributed by atoms with Crippen LogP contribution in [0.2, 0.25) is 5.02 Å². The van der Waals surface area contributed by atoms with Gasteiger partial charge in [0.15, 0.2) is 29.1 Å². The van der Waals surface area contributed by atoms with Crippen molar-refractivity contribution in [2.45, 2.75) is 30.7 Å². The molecule has 4 aromatic rings. The molecule has 1 saturated heterocycles. The van der Waals surface area contributed by atoms with Crippen molar-refractivity contribution in [1.82, 2.24) is 23.8 Å². The molecule has 4 N–H and O–H groups in total. The summed E-state index contributed by atoms with van der Waals surface area (Å²) in [5, 5.41) is 11.5. The van der Waals surface area contributed by atoms with Crippen molar-refractivity contribution < 1.29 is 12.8 Å². The lowest BCUT2D eigenvalue weighted by atomic mass is 10.1. The topological polar surface area (TPSA) is 143 Å². The highest BCUT2D eigenvalue weighted by atomic mass is 35.5. The molecule has 3 aromatic heterocycles. The molecule has 192 valence electrons. The van der Waals surface area contributed by atoms with Crippen molar-refractivity contribution >= 4 is 44.4 Å². The van der Waals surface area contributed by atoms with Crippen LogP contribution in [0.25, 0.3) is 22.4 Å². The molecule has 0 radical (unpaired) electrons. The largest absolute Gasteiger partial charge is 0.370 e. The highest BCUT2D eigenvalue weighted by Crippen LogP contribution is 2.33. The van der Waals surface area contributed by atoms with Crippen molar-refractivity contribution in [3.63, 3.8) is 0 Å². The zero-order valence-corrected chi connectivity index (χ0v) is 21.4. The van der Waals surface area contributed by atoms with Crippen molar-refractivity contribution in [2.24, 2.45) is 5.73 Å². The van der Waals surface area contributed by atoms with Crippen molar-refractivity contribution in [2.75, 3.05) is 18.4 Å². The van der Waals surface area contributed by atoms with Gasteiger partial charge in [0.2, 0.25) is 0 Å². The minimum absolute atomic E-state index is 0.0299. The molecule has 1 unspecified atom stereocenters. The number of fused-ring (bicyclic) bond motifs is 1.